The number of hydrogen-bond donors (Lipinski definition) is 1. The first kappa shape index (κ1) is 8.81. The molecule has 0 aromatic heterocycles. The van der Waals surface area contributed by atoms with Crippen LogP contribution in [0.2, 0.25) is 0 Å². The van der Waals surface area contributed by atoms with Crippen LogP contribution in [-0.4, -0.2) is 26.2 Å². The number of fused-ring (bicyclic) bond motifs is 1. The van der Waals surface area contributed by atoms with Crippen LogP contribution in [0.1, 0.15) is 0 Å². The number of piperidine rings is 1. The smallest absolute Gasteiger partial charge is 0.309 e. The Hall–Kier alpha value is -0.280. The average molecular weight is 178 g/mol. The number of hydrogen-bond acceptors (Lipinski definition) is 3. The van der Waals surface area contributed by atoms with Crippen molar-refractivity contribution in [3.63, 3.8) is 0 Å². The number of carbonyl (C=O) groups is 1. The Morgan fingerprint density at radius 3 is 2.45 bits per heavy atom. The van der Waals surface area contributed by atoms with Crippen LogP contribution in [0.25, 0.3) is 0 Å². The van der Waals surface area contributed by atoms with Gasteiger partial charge in [0.1, 0.15) is 0 Å². The highest BCUT2D eigenvalue weighted by molar-refractivity contribution is 5.85. The topological polar surface area (TPSA) is 38.3 Å². The van der Waals surface area contributed by atoms with E-state index in [-0.39, 0.29) is 24.3 Å². The molecular formula is C7H12ClNO2. The molecular weight excluding hydrogens is 166 g/mol. The van der Waals surface area contributed by atoms with Crippen molar-refractivity contribution in [1.82, 2.24) is 5.32 Å². The lowest BCUT2D eigenvalue weighted by Gasteiger charge is -2.00. The summed E-state index contributed by atoms with van der Waals surface area (Å²) in [5.41, 5.74) is 0. The van der Waals surface area contributed by atoms with E-state index >= 15 is 0 Å². The summed E-state index contributed by atoms with van der Waals surface area (Å²) in [5.74, 6) is 1.39. The van der Waals surface area contributed by atoms with Crippen LogP contribution < -0.4 is 5.32 Å². The van der Waals surface area contributed by atoms with Gasteiger partial charge >= 0.3 is 5.97 Å². The van der Waals surface area contributed by atoms with E-state index in [0.717, 1.165) is 13.1 Å². The fourth-order valence-electron chi connectivity index (χ4n) is 1.90. The van der Waals surface area contributed by atoms with Gasteiger partial charge in [0.05, 0.1) is 13.0 Å². The maximum absolute atomic E-state index is 10.9. The van der Waals surface area contributed by atoms with Gasteiger partial charge < -0.3 is 10.1 Å². The largest absolute Gasteiger partial charge is 0.469 e. The van der Waals surface area contributed by atoms with Gasteiger partial charge in [-0.2, -0.15) is 0 Å². The SMILES string of the molecule is COC(=O)C1[C@H]2CNC[C@H]12.Cl. The van der Waals surface area contributed by atoms with E-state index in [1.807, 2.05) is 0 Å². The van der Waals surface area contributed by atoms with E-state index in [0.29, 0.717) is 11.8 Å². The minimum Gasteiger partial charge on any atom is -0.469 e. The van der Waals surface area contributed by atoms with Gasteiger partial charge in [-0.3, -0.25) is 4.79 Å². The van der Waals surface area contributed by atoms with E-state index in [9.17, 15) is 4.79 Å². The molecule has 2 atom stereocenters. The molecule has 0 radical (unpaired) electrons. The van der Waals surface area contributed by atoms with Crippen molar-refractivity contribution in [2.75, 3.05) is 20.2 Å². The highest BCUT2D eigenvalue weighted by atomic mass is 35.5. The Bertz CT molecular complexity index is 164. The number of nitrogens with one attached hydrogen (secondary N) is 1. The second-order valence-electron chi connectivity index (χ2n) is 3.03. The van der Waals surface area contributed by atoms with Crippen LogP contribution in [0, 0.1) is 17.8 Å². The maximum atomic E-state index is 10.9. The Labute approximate surface area is 71.9 Å². The molecule has 0 spiro atoms. The summed E-state index contributed by atoms with van der Waals surface area (Å²) in [7, 11) is 1.46. The molecule has 1 heterocycles. The molecule has 11 heavy (non-hydrogen) atoms. The predicted octanol–water partition coefficient (Wildman–Crippen LogP) is 0.0466. The summed E-state index contributed by atoms with van der Waals surface area (Å²) >= 11 is 0. The molecule has 0 aromatic rings. The third kappa shape index (κ3) is 1.23. The van der Waals surface area contributed by atoms with Crippen molar-refractivity contribution >= 4 is 18.4 Å². The van der Waals surface area contributed by atoms with Gasteiger partial charge in [0, 0.05) is 0 Å². The lowest BCUT2D eigenvalue weighted by Crippen LogP contribution is -2.19. The maximum Gasteiger partial charge on any atom is 0.309 e. The average Bonchev–Trinajstić information content (AvgIpc) is 2.43. The van der Waals surface area contributed by atoms with Crippen molar-refractivity contribution in [2.24, 2.45) is 17.8 Å². The third-order valence-electron chi connectivity index (χ3n) is 2.57. The summed E-state index contributed by atoms with van der Waals surface area (Å²) in [4.78, 5) is 10.9. The van der Waals surface area contributed by atoms with Gasteiger partial charge in [-0.15, -0.1) is 12.4 Å². The molecule has 1 N–H and O–H groups in total. The monoisotopic (exact) mass is 177 g/mol. The highest BCUT2D eigenvalue weighted by Gasteiger charge is 2.57. The lowest BCUT2D eigenvalue weighted by atomic mass is 10.3. The van der Waals surface area contributed by atoms with Gasteiger partial charge in [0.2, 0.25) is 0 Å². The second-order valence-corrected chi connectivity index (χ2v) is 3.03. The van der Waals surface area contributed by atoms with Crippen molar-refractivity contribution < 1.29 is 9.53 Å². The molecule has 2 fully saturated rings. The van der Waals surface area contributed by atoms with E-state index in [1.54, 1.807) is 0 Å². The first-order valence-corrected chi connectivity index (χ1v) is 3.63. The number of halogens is 1. The summed E-state index contributed by atoms with van der Waals surface area (Å²) in [6, 6.07) is 0. The minimum absolute atomic E-state index is 0. The first-order valence-electron chi connectivity index (χ1n) is 3.63. The molecule has 1 aliphatic heterocycles. The summed E-state index contributed by atoms with van der Waals surface area (Å²) in [5, 5.41) is 3.22. The number of methoxy groups -OCH3 is 1. The van der Waals surface area contributed by atoms with E-state index in [1.165, 1.54) is 7.11 Å². The molecule has 0 bridgehead atoms. The Morgan fingerprint density at radius 2 is 2.00 bits per heavy atom. The van der Waals surface area contributed by atoms with Crippen LogP contribution in [0.5, 0.6) is 0 Å². The molecule has 1 aliphatic carbocycles. The predicted molar refractivity (Wildman–Crippen MR) is 42.6 cm³/mol. The highest BCUT2D eigenvalue weighted by Crippen LogP contribution is 2.49. The van der Waals surface area contributed by atoms with Crippen LogP contribution in [0.15, 0.2) is 0 Å². The first-order chi connectivity index (χ1) is 4.84. The minimum atomic E-state index is -0.0171. The molecule has 0 unspecified atom stereocenters. The zero-order valence-corrected chi connectivity index (χ0v) is 7.19. The Morgan fingerprint density at radius 1 is 1.45 bits per heavy atom. The lowest BCUT2D eigenvalue weighted by molar-refractivity contribution is -0.143. The van der Waals surface area contributed by atoms with Gasteiger partial charge in [0.15, 0.2) is 0 Å². The number of ether oxygens (including phenoxy) is 1. The molecule has 0 amide bonds. The van der Waals surface area contributed by atoms with Crippen LogP contribution in [0.4, 0.5) is 0 Å². The summed E-state index contributed by atoms with van der Waals surface area (Å²) in [6.45, 7) is 2.01. The standard InChI is InChI=1S/C7H11NO2.ClH/c1-10-7(9)6-4-2-8-3-5(4)6;/h4-6,8H,2-3H2,1H3;1H/t4-,5-;/m0./s1. The van der Waals surface area contributed by atoms with Crippen molar-refractivity contribution in [3.8, 4) is 0 Å². The van der Waals surface area contributed by atoms with E-state index < -0.39 is 0 Å². The molecule has 3 nitrogen and oxygen atoms in total. The van der Waals surface area contributed by atoms with Crippen LogP contribution in [-0.2, 0) is 9.53 Å². The van der Waals surface area contributed by atoms with Crippen molar-refractivity contribution in [1.29, 1.82) is 0 Å². The molecule has 0 aromatic carbocycles. The number of carbonyl (C=O) groups excluding carboxylic acids is 1. The molecule has 64 valence electrons. The van der Waals surface area contributed by atoms with Gasteiger partial charge in [0.25, 0.3) is 0 Å². The molecule has 1 saturated carbocycles. The molecule has 2 rings (SSSR count). The molecule has 4 heteroatoms. The van der Waals surface area contributed by atoms with Crippen molar-refractivity contribution in [2.45, 2.75) is 0 Å². The van der Waals surface area contributed by atoms with Gasteiger partial charge in [-0.1, -0.05) is 0 Å². The number of rotatable bonds is 1. The van der Waals surface area contributed by atoms with Gasteiger partial charge in [-0.25, -0.2) is 0 Å². The normalized spacial score (nSPS) is 38.8. The third-order valence-corrected chi connectivity index (χ3v) is 2.57. The molecule has 1 saturated heterocycles. The second kappa shape index (κ2) is 2.99. The Balaban J connectivity index is 0.000000605. The summed E-state index contributed by atoms with van der Waals surface area (Å²) in [6.07, 6.45) is 0. The van der Waals surface area contributed by atoms with E-state index in [4.69, 9.17) is 0 Å². The zero-order chi connectivity index (χ0) is 7.14. The molecule has 2 aliphatic rings. The fourth-order valence-corrected chi connectivity index (χ4v) is 1.90. The van der Waals surface area contributed by atoms with Crippen molar-refractivity contribution in [3.05, 3.63) is 0 Å². The zero-order valence-electron chi connectivity index (χ0n) is 6.37. The quantitative estimate of drug-likeness (QED) is 0.576. The van der Waals surface area contributed by atoms with Crippen LogP contribution in [0.3, 0.4) is 0 Å². The summed E-state index contributed by atoms with van der Waals surface area (Å²) < 4.78 is 4.64. The Kier molecular flexibility index (Phi) is 2.40. The van der Waals surface area contributed by atoms with Crippen LogP contribution >= 0.6 is 12.4 Å². The fraction of sp³-hybridized carbons (Fsp3) is 0.857. The van der Waals surface area contributed by atoms with Gasteiger partial charge in [-0.05, 0) is 24.9 Å². The van der Waals surface area contributed by atoms with E-state index in [2.05, 4.69) is 10.1 Å². The number of esters is 1.